The standard InChI is InChI=1S/C32H37N7O3/c1-21-17-24(18-34-28(21)31(40)33-3)29-22(2)30(39(37-29)25-13-9-6-10-14-25)36-32(41)35-27-20-38(15-16-42-4)19-26(27)23-11-7-5-8-12-23/h5-14,17-18,26-27H,15-16,19-20H2,1-4H3,(H,33,40)(H2,35,36,41)/t26-,27+/m0/s1. The molecule has 42 heavy (non-hydrogen) atoms. The minimum absolute atomic E-state index is 0.0822. The number of aromatic nitrogens is 3. The number of carbonyl (C=O) groups is 2. The van der Waals surface area contributed by atoms with Crippen LogP contribution in [0.5, 0.6) is 0 Å². The average molecular weight is 568 g/mol. The van der Waals surface area contributed by atoms with Crippen molar-refractivity contribution in [3.05, 3.63) is 95.3 Å². The highest BCUT2D eigenvalue weighted by Crippen LogP contribution is 2.32. The van der Waals surface area contributed by atoms with Gasteiger partial charge in [0.05, 0.1) is 24.0 Å². The largest absolute Gasteiger partial charge is 0.383 e. The quantitative estimate of drug-likeness (QED) is 0.280. The van der Waals surface area contributed by atoms with E-state index in [1.807, 2.05) is 68.4 Å². The zero-order valence-electron chi connectivity index (χ0n) is 24.4. The number of hydrogen-bond donors (Lipinski definition) is 3. The first-order valence-electron chi connectivity index (χ1n) is 14.1. The first-order chi connectivity index (χ1) is 20.4. The van der Waals surface area contributed by atoms with Gasteiger partial charge in [-0.05, 0) is 43.2 Å². The van der Waals surface area contributed by atoms with Gasteiger partial charge in [-0.3, -0.25) is 20.0 Å². The number of aryl methyl sites for hydroxylation is 1. The lowest BCUT2D eigenvalue weighted by molar-refractivity contribution is 0.0957. The maximum atomic E-state index is 13.6. The van der Waals surface area contributed by atoms with Crippen molar-refractivity contribution in [2.75, 3.05) is 45.7 Å². The summed E-state index contributed by atoms with van der Waals surface area (Å²) in [5.74, 6) is 0.468. The van der Waals surface area contributed by atoms with Crippen LogP contribution in [0.4, 0.5) is 10.6 Å². The van der Waals surface area contributed by atoms with Crippen molar-refractivity contribution in [1.29, 1.82) is 0 Å². The number of nitrogens with zero attached hydrogens (tertiary/aromatic N) is 4. The van der Waals surface area contributed by atoms with Crippen molar-refractivity contribution < 1.29 is 14.3 Å². The Bertz CT molecular complexity index is 1540. The van der Waals surface area contributed by atoms with Crippen LogP contribution in [0.1, 0.15) is 33.1 Å². The highest BCUT2D eigenvalue weighted by Gasteiger charge is 2.35. The topological polar surface area (TPSA) is 113 Å². The van der Waals surface area contributed by atoms with Crippen molar-refractivity contribution in [1.82, 2.24) is 30.3 Å². The van der Waals surface area contributed by atoms with Gasteiger partial charge in [-0.25, -0.2) is 9.48 Å². The summed E-state index contributed by atoms with van der Waals surface area (Å²) in [5, 5.41) is 13.9. The molecule has 10 nitrogen and oxygen atoms in total. The Balaban J connectivity index is 1.44. The minimum atomic E-state index is -0.300. The van der Waals surface area contributed by atoms with Crippen molar-refractivity contribution in [2.45, 2.75) is 25.8 Å². The molecule has 0 aliphatic carbocycles. The van der Waals surface area contributed by atoms with Gasteiger partial charge in [0.2, 0.25) is 0 Å². The fourth-order valence-corrected chi connectivity index (χ4v) is 5.52. The maximum absolute atomic E-state index is 13.6. The van der Waals surface area contributed by atoms with Crippen molar-refractivity contribution >= 4 is 17.8 Å². The third-order valence-electron chi connectivity index (χ3n) is 7.70. The highest BCUT2D eigenvalue weighted by atomic mass is 16.5. The molecule has 1 aliphatic heterocycles. The van der Waals surface area contributed by atoms with Crippen LogP contribution in [0, 0.1) is 13.8 Å². The van der Waals surface area contributed by atoms with E-state index in [-0.39, 0.29) is 23.9 Å². The molecule has 4 aromatic rings. The van der Waals surface area contributed by atoms with Crippen LogP contribution in [-0.2, 0) is 4.74 Å². The highest BCUT2D eigenvalue weighted by molar-refractivity contribution is 5.94. The van der Waals surface area contributed by atoms with Gasteiger partial charge in [0, 0.05) is 57.0 Å². The van der Waals surface area contributed by atoms with Crippen LogP contribution in [0.25, 0.3) is 16.9 Å². The monoisotopic (exact) mass is 567 g/mol. The van der Waals surface area contributed by atoms with Crippen LogP contribution in [-0.4, -0.2) is 78.0 Å². The second kappa shape index (κ2) is 13.0. The number of ether oxygens (including phenoxy) is 1. The van der Waals surface area contributed by atoms with Crippen LogP contribution >= 0.6 is 0 Å². The van der Waals surface area contributed by atoms with Gasteiger partial charge < -0.3 is 15.4 Å². The third-order valence-corrected chi connectivity index (χ3v) is 7.70. The molecular weight excluding hydrogens is 530 g/mol. The number of anilines is 1. The van der Waals surface area contributed by atoms with Crippen LogP contribution in [0.3, 0.4) is 0 Å². The molecular formula is C32H37N7O3. The average Bonchev–Trinajstić information content (AvgIpc) is 3.56. The second-order valence-electron chi connectivity index (χ2n) is 10.5. The minimum Gasteiger partial charge on any atom is -0.383 e. The van der Waals surface area contributed by atoms with Gasteiger partial charge in [0.25, 0.3) is 5.91 Å². The Morgan fingerprint density at radius 2 is 1.74 bits per heavy atom. The van der Waals surface area contributed by atoms with Gasteiger partial charge in [-0.15, -0.1) is 0 Å². The number of para-hydroxylation sites is 1. The number of hydrogen-bond acceptors (Lipinski definition) is 6. The SMILES string of the molecule is CNC(=O)c1ncc(-c2nn(-c3ccccc3)c(NC(=O)N[C@@H]3CN(CCOC)C[C@H]3c3ccccc3)c2C)cc1C. The van der Waals surface area contributed by atoms with Crippen LogP contribution in [0.2, 0.25) is 0 Å². The molecule has 0 spiro atoms. The van der Waals surface area contributed by atoms with Crippen molar-refractivity contribution in [3.63, 3.8) is 0 Å². The van der Waals surface area contributed by atoms with E-state index in [1.165, 1.54) is 5.56 Å². The molecule has 1 saturated heterocycles. The van der Waals surface area contributed by atoms with Crippen LogP contribution in [0.15, 0.2) is 72.9 Å². The Labute approximate surface area is 246 Å². The summed E-state index contributed by atoms with van der Waals surface area (Å²) in [5.41, 5.74) is 5.31. The lowest BCUT2D eigenvalue weighted by atomic mass is 9.94. The Morgan fingerprint density at radius 1 is 1.02 bits per heavy atom. The van der Waals surface area contributed by atoms with E-state index < -0.39 is 0 Å². The molecule has 0 bridgehead atoms. The number of likely N-dealkylation sites (tertiary alicyclic amines) is 1. The lowest BCUT2D eigenvalue weighted by Gasteiger charge is -2.21. The molecule has 10 heteroatoms. The number of amides is 3. The molecule has 3 heterocycles. The second-order valence-corrected chi connectivity index (χ2v) is 10.5. The smallest absolute Gasteiger partial charge is 0.320 e. The molecule has 1 fully saturated rings. The van der Waals surface area contributed by atoms with E-state index in [0.29, 0.717) is 23.8 Å². The zero-order chi connectivity index (χ0) is 29.6. The summed E-state index contributed by atoms with van der Waals surface area (Å²) >= 11 is 0. The number of nitrogens with one attached hydrogen (secondary N) is 3. The van der Waals surface area contributed by atoms with E-state index in [9.17, 15) is 9.59 Å². The molecule has 0 unspecified atom stereocenters. The van der Waals surface area contributed by atoms with Gasteiger partial charge in [-0.2, -0.15) is 5.10 Å². The predicted molar refractivity (Wildman–Crippen MR) is 163 cm³/mol. The van der Waals surface area contributed by atoms with Crippen molar-refractivity contribution in [2.24, 2.45) is 0 Å². The normalized spacial score (nSPS) is 16.8. The Kier molecular flexibility index (Phi) is 8.94. The number of urea groups is 1. The number of rotatable bonds is 9. The molecule has 2 aromatic carbocycles. The first kappa shape index (κ1) is 29.0. The van der Waals surface area contributed by atoms with Gasteiger partial charge in [-0.1, -0.05) is 48.5 Å². The number of methoxy groups -OCH3 is 1. The van der Waals surface area contributed by atoms with E-state index in [2.05, 4.69) is 38.0 Å². The first-order valence-corrected chi connectivity index (χ1v) is 14.1. The molecule has 2 aromatic heterocycles. The lowest BCUT2D eigenvalue weighted by Crippen LogP contribution is -2.42. The zero-order valence-corrected chi connectivity index (χ0v) is 24.4. The predicted octanol–water partition coefficient (Wildman–Crippen LogP) is 4.15. The third kappa shape index (κ3) is 6.19. The van der Waals surface area contributed by atoms with Gasteiger partial charge in [0.1, 0.15) is 11.5 Å². The molecule has 5 rings (SSSR count). The number of benzene rings is 2. The fourth-order valence-electron chi connectivity index (χ4n) is 5.52. The molecule has 3 amide bonds. The van der Waals surface area contributed by atoms with E-state index >= 15 is 0 Å². The molecule has 0 saturated carbocycles. The Morgan fingerprint density at radius 3 is 2.40 bits per heavy atom. The maximum Gasteiger partial charge on any atom is 0.320 e. The van der Waals surface area contributed by atoms with E-state index in [0.717, 1.165) is 42.0 Å². The van der Waals surface area contributed by atoms with Gasteiger partial charge >= 0.3 is 6.03 Å². The summed E-state index contributed by atoms with van der Waals surface area (Å²) in [7, 11) is 3.28. The van der Waals surface area contributed by atoms with Gasteiger partial charge in [0.15, 0.2) is 0 Å². The summed E-state index contributed by atoms with van der Waals surface area (Å²) in [6.45, 7) is 6.77. The summed E-state index contributed by atoms with van der Waals surface area (Å²) < 4.78 is 7.04. The molecule has 1 aliphatic rings. The Hall–Kier alpha value is -4.54. The molecule has 2 atom stereocenters. The van der Waals surface area contributed by atoms with E-state index in [4.69, 9.17) is 9.84 Å². The molecule has 218 valence electrons. The molecule has 0 radical (unpaired) electrons. The fraction of sp³-hybridized carbons (Fsp3) is 0.312. The summed E-state index contributed by atoms with van der Waals surface area (Å²) in [4.78, 5) is 32.5. The number of carbonyl (C=O) groups excluding carboxylic acids is 2. The van der Waals surface area contributed by atoms with Crippen LogP contribution < -0.4 is 16.0 Å². The summed E-state index contributed by atoms with van der Waals surface area (Å²) in [6.07, 6.45) is 1.64. The van der Waals surface area contributed by atoms with E-state index in [1.54, 1.807) is 25.0 Å². The summed E-state index contributed by atoms with van der Waals surface area (Å²) in [6, 6.07) is 21.5. The van der Waals surface area contributed by atoms with Crippen molar-refractivity contribution in [3.8, 4) is 16.9 Å². The molecule has 3 N–H and O–H groups in total. The number of pyridine rings is 1.